The number of hydrogen-bond donors (Lipinski definition) is 0. The molecule has 1 aromatic rings. The van der Waals surface area contributed by atoms with Gasteiger partial charge in [-0.25, -0.2) is 0 Å². The van der Waals surface area contributed by atoms with Gasteiger partial charge in [-0.1, -0.05) is 43.0 Å². The highest BCUT2D eigenvalue weighted by Crippen LogP contribution is 2.02. The van der Waals surface area contributed by atoms with E-state index in [1.807, 2.05) is 57.2 Å². The maximum absolute atomic E-state index is 4.94. The molecule has 0 N–H and O–H groups in total. The van der Waals surface area contributed by atoms with Gasteiger partial charge < -0.3 is 4.74 Å². The van der Waals surface area contributed by atoms with Gasteiger partial charge in [0.1, 0.15) is 0 Å². The Labute approximate surface area is 87.4 Å². The Hall–Kier alpha value is -1.08. The summed E-state index contributed by atoms with van der Waals surface area (Å²) in [5.41, 5.74) is 1.22. The molecule has 1 heteroatoms. The molecule has 0 radical (unpaired) electrons. The lowest BCUT2D eigenvalue weighted by Crippen LogP contribution is -2.15. The largest absolute Gasteiger partial charge is 0.379 e. The Morgan fingerprint density at radius 1 is 1.14 bits per heavy atom. The van der Waals surface area contributed by atoms with Crippen molar-refractivity contribution >= 4 is 6.08 Å². The van der Waals surface area contributed by atoms with E-state index in [1.54, 1.807) is 7.11 Å². The molecule has 0 unspecified atom stereocenters. The normalized spacial score (nSPS) is 10.0. The quantitative estimate of drug-likeness (QED) is 0.658. The van der Waals surface area contributed by atoms with Crippen molar-refractivity contribution in [1.82, 2.24) is 0 Å². The average molecular weight is 192 g/mol. The number of hydrogen-bond acceptors (Lipinski definition) is 1. The molecule has 78 valence electrons. The van der Waals surface area contributed by atoms with E-state index in [4.69, 9.17) is 4.74 Å². The first-order valence-electron chi connectivity index (χ1n) is 4.72. The summed E-state index contributed by atoms with van der Waals surface area (Å²) in [5.74, 6) is 0. The number of methoxy groups -OCH3 is 1. The van der Waals surface area contributed by atoms with Gasteiger partial charge in [0, 0.05) is 7.11 Å². The Balaban J connectivity index is 0.000000255. The highest BCUT2D eigenvalue weighted by Gasteiger charge is 2.03. The van der Waals surface area contributed by atoms with E-state index in [0.717, 1.165) is 0 Å². The maximum Gasteiger partial charge on any atom is 0.0594 e. The van der Waals surface area contributed by atoms with Crippen LogP contribution in [0.4, 0.5) is 0 Å². The molecule has 0 aromatic heterocycles. The molecule has 0 fully saturated rings. The van der Waals surface area contributed by atoms with Gasteiger partial charge in [-0.15, -0.1) is 0 Å². The van der Waals surface area contributed by atoms with Crippen LogP contribution in [-0.2, 0) is 4.74 Å². The molecule has 14 heavy (non-hydrogen) atoms. The lowest BCUT2D eigenvalue weighted by molar-refractivity contribution is 0.0397. The van der Waals surface area contributed by atoms with Gasteiger partial charge in [0.15, 0.2) is 0 Å². The zero-order valence-corrected chi connectivity index (χ0v) is 9.58. The summed E-state index contributed by atoms with van der Waals surface area (Å²) >= 11 is 0. The smallest absolute Gasteiger partial charge is 0.0594 e. The monoisotopic (exact) mass is 192 g/mol. The van der Waals surface area contributed by atoms with Crippen LogP contribution in [0.5, 0.6) is 0 Å². The number of benzene rings is 1. The Bertz CT molecular complexity index is 244. The third-order valence-electron chi connectivity index (χ3n) is 1.65. The van der Waals surface area contributed by atoms with Gasteiger partial charge in [0.05, 0.1) is 5.60 Å². The van der Waals surface area contributed by atoms with Crippen molar-refractivity contribution in [2.75, 3.05) is 7.11 Å². The zero-order valence-electron chi connectivity index (χ0n) is 9.58. The second kappa shape index (κ2) is 6.39. The third-order valence-corrected chi connectivity index (χ3v) is 1.65. The molecule has 0 aliphatic carbocycles. The minimum atomic E-state index is 0.0417. The molecular weight excluding hydrogens is 172 g/mol. The molecule has 0 heterocycles. The minimum absolute atomic E-state index is 0.0417. The van der Waals surface area contributed by atoms with E-state index < -0.39 is 0 Å². The van der Waals surface area contributed by atoms with E-state index in [2.05, 4.69) is 6.58 Å². The van der Waals surface area contributed by atoms with Crippen LogP contribution >= 0.6 is 0 Å². The fourth-order valence-corrected chi connectivity index (χ4v) is 0.589. The van der Waals surface area contributed by atoms with Crippen molar-refractivity contribution in [3.63, 3.8) is 0 Å². The lowest BCUT2D eigenvalue weighted by atomic mass is 10.2. The highest BCUT2D eigenvalue weighted by molar-refractivity contribution is 5.45. The van der Waals surface area contributed by atoms with Crippen LogP contribution in [0, 0.1) is 0 Å². The second-order valence-corrected chi connectivity index (χ2v) is 3.93. The Morgan fingerprint density at radius 3 is 1.79 bits per heavy atom. The van der Waals surface area contributed by atoms with E-state index in [-0.39, 0.29) is 5.60 Å². The fraction of sp³-hybridized carbons (Fsp3) is 0.385. The van der Waals surface area contributed by atoms with Gasteiger partial charge in [0.25, 0.3) is 0 Å². The lowest BCUT2D eigenvalue weighted by Gasteiger charge is -2.14. The van der Waals surface area contributed by atoms with Crippen LogP contribution in [0.2, 0.25) is 0 Å². The molecule has 1 aromatic carbocycles. The second-order valence-electron chi connectivity index (χ2n) is 3.93. The zero-order chi connectivity index (χ0) is 11.0. The van der Waals surface area contributed by atoms with Gasteiger partial charge in [-0.3, -0.25) is 0 Å². The summed E-state index contributed by atoms with van der Waals surface area (Å²) in [5, 5.41) is 0. The van der Waals surface area contributed by atoms with Crippen molar-refractivity contribution in [2.45, 2.75) is 26.4 Å². The van der Waals surface area contributed by atoms with Crippen LogP contribution in [-0.4, -0.2) is 12.7 Å². The molecular formula is C13H20O. The first-order valence-corrected chi connectivity index (χ1v) is 4.72. The molecule has 0 bridgehead atoms. The van der Waals surface area contributed by atoms with E-state index in [1.165, 1.54) is 5.56 Å². The minimum Gasteiger partial charge on any atom is -0.379 e. The first kappa shape index (κ1) is 12.9. The topological polar surface area (TPSA) is 9.23 Å². The number of rotatable bonds is 1. The van der Waals surface area contributed by atoms with Crippen molar-refractivity contribution in [2.24, 2.45) is 0 Å². The van der Waals surface area contributed by atoms with E-state index >= 15 is 0 Å². The first-order chi connectivity index (χ1) is 6.49. The molecule has 0 amide bonds. The van der Waals surface area contributed by atoms with Crippen molar-refractivity contribution in [3.05, 3.63) is 42.5 Å². The van der Waals surface area contributed by atoms with Gasteiger partial charge in [0.2, 0.25) is 0 Å². The molecule has 0 aliphatic rings. The predicted octanol–water partition coefficient (Wildman–Crippen LogP) is 3.76. The molecule has 0 spiro atoms. The molecule has 0 saturated heterocycles. The summed E-state index contributed by atoms with van der Waals surface area (Å²) in [7, 11) is 1.71. The van der Waals surface area contributed by atoms with E-state index in [9.17, 15) is 0 Å². The summed E-state index contributed by atoms with van der Waals surface area (Å²) in [6, 6.07) is 10.0. The summed E-state index contributed by atoms with van der Waals surface area (Å²) in [6.07, 6.45) is 1.83. The highest BCUT2D eigenvalue weighted by atomic mass is 16.5. The molecule has 0 atom stereocenters. The molecule has 0 saturated carbocycles. The Morgan fingerprint density at radius 2 is 1.57 bits per heavy atom. The SMILES string of the molecule is C=Cc1ccccc1.COC(C)(C)C. The van der Waals surface area contributed by atoms with Crippen LogP contribution in [0.3, 0.4) is 0 Å². The predicted molar refractivity (Wildman–Crippen MR) is 63.3 cm³/mol. The van der Waals surface area contributed by atoms with Crippen molar-refractivity contribution < 1.29 is 4.74 Å². The maximum atomic E-state index is 4.94. The molecule has 1 nitrogen and oxygen atoms in total. The van der Waals surface area contributed by atoms with Crippen molar-refractivity contribution in [1.29, 1.82) is 0 Å². The summed E-state index contributed by atoms with van der Waals surface area (Å²) in [6.45, 7) is 9.69. The molecule has 1 rings (SSSR count). The summed E-state index contributed by atoms with van der Waals surface area (Å²) in [4.78, 5) is 0. The average Bonchev–Trinajstić information content (AvgIpc) is 2.19. The fourth-order valence-electron chi connectivity index (χ4n) is 0.589. The third kappa shape index (κ3) is 7.56. The van der Waals surface area contributed by atoms with Gasteiger partial charge in [-0.2, -0.15) is 0 Å². The number of ether oxygens (including phenoxy) is 1. The van der Waals surface area contributed by atoms with Crippen LogP contribution < -0.4 is 0 Å². The van der Waals surface area contributed by atoms with Crippen LogP contribution in [0.15, 0.2) is 36.9 Å². The standard InChI is InChI=1S/C8H8.C5H12O/c1-2-8-6-4-3-5-7-8;1-5(2,3)6-4/h2-7H,1H2;1-4H3. The Kier molecular flexibility index (Phi) is 5.89. The summed E-state index contributed by atoms with van der Waals surface area (Å²) < 4.78 is 4.94. The molecule has 0 aliphatic heterocycles. The van der Waals surface area contributed by atoms with Crippen LogP contribution in [0.1, 0.15) is 26.3 Å². The van der Waals surface area contributed by atoms with Crippen molar-refractivity contribution in [3.8, 4) is 0 Å². The van der Waals surface area contributed by atoms with E-state index in [0.29, 0.717) is 0 Å². The van der Waals surface area contributed by atoms with Gasteiger partial charge in [-0.05, 0) is 26.3 Å². The van der Waals surface area contributed by atoms with Gasteiger partial charge >= 0.3 is 0 Å². The van der Waals surface area contributed by atoms with Crippen LogP contribution in [0.25, 0.3) is 6.08 Å².